The molecule has 8 nitrogen and oxygen atoms in total. The Labute approximate surface area is 371 Å². The first kappa shape index (κ1) is 56.7. The first-order chi connectivity index (χ1) is 29.6. The van der Waals surface area contributed by atoms with E-state index in [1.165, 1.54) is 0 Å². The molecule has 61 heavy (non-hydrogen) atoms. The molecule has 0 rings (SSSR count). The highest BCUT2D eigenvalue weighted by Crippen LogP contribution is 2.11. The lowest BCUT2D eigenvalue weighted by Crippen LogP contribution is -2.50. The second kappa shape index (κ2) is 42.4. The van der Waals surface area contributed by atoms with Crippen molar-refractivity contribution in [3.05, 3.63) is 122 Å². The molecular weight excluding hydrogens is 763 g/mol. The summed E-state index contributed by atoms with van der Waals surface area (Å²) in [5.41, 5.74) is 0. The predicted molar refractivity (Wildman–Crippen MR) is 256 cm³/mol. The predicted octanol–water partition coefficient (Wildman–Crippen LogP) is 13.0. The van der Waals surface area contributed by atoms with Gasteiger partial charge in [0, 0.05) is 19.3 Å². The molecule has 0 radical (unpaired) electrons. The molecule has 0 aromatic rings. The van der Waals surface area contributed by atoms with Crippen LogP contribution in [0.3, 0.4) is 0 Å². The molecule has 0 aliphatic heterocycles. The summed E-state index contributed by atoms with van der Waals surface area (Å²) < 4.78 is 17.2. The van der Waals surface area contributed by atoms with E-state index in [4.69, 9.17) is 14.2 Å². The number of aliphatic carboxylic acids is 1. The van der Waals surface area contributed by atoms with Crippen molar-refractivity contribution in [1.82, 2.24) is 0 Å². The average Bonchev–Trinajstić information content (AvgIpc) is 3.22. The van der Waals surface area contributed by atoms with E-state index in [0.29, 0.717) is 19.3 Å². The lowest BCUT2D eigenvalue weighted by molar-refractivity contribution is -0.887. The molecule has 0 heterocycles. The van der Waals surface area contributed by atoms with Gasteiger partial charge in [-0.05, 0) is 96.3 Å². The van der Waals surface area contributed by atoms with Crippen LogP contribution < -0.4 is 0 Å². The van der Waals surface area contributed by atoms with E-state index < -0.39 is 18.1 Å². The van der Waals surface area contributed by atoms with Gasteiger partial charge in [-0.25, -0.2) is 4.79 Å². The maximum Gasteiger partial charge on any atom is 0.362 e. The van der Waals surface area contributed by atoms with Crippen LogP contribution in [-0.4, -0.2) is 80.6 Å². The lowest BCUT2D eigenvalue weighted by Gasteiger charge is -2.31. The Balaban J connectivity index is 4.49. The number of carboxylic acid groups (broad SMARTS) is 1. The van der Waals surface area contributed by atoms with Gasteiger partial charge in [0.25, 0.3) is 0 Å². The summed E-state index contributed by atoms with van der Waals surface area (Å²) in [6.07, 6.45) is 59.7. The van der Waals surface area contributed by atoms with Gasteiger partial charge in [-0.1, -0.05) is 148 Å². The highest BCUT2D eigenvalue weighted by molar-refractivity contribution is 5.72. The van der Waals surface area contributed by atoms with Crippen molar-refractivity contribution in [1.29, 1.82) is 0 Å². The number of ether oxygens (including phenoxy) is 3. The molecule has 8 heteroatoms. The van der Waals surface area contributed by atoms with Gasteiger partial charge in [0.2, 0.25) is 0 Å². The Morgan fingerprint density at radius 3 is 1.31 bits per heavy atom. The number of rotatable bonds is 39. The van der Waals surface area contributed by atoms with E-state index in [1.807, 2.05) is 21.1 Å². The van der Waals surface area contributed by atoms with Gasteiger partial charge in [-0.2, -0.15) is 0 Å². The van der Waals surface area contributed by atoms with Crippen LogP contribution in [0.1, 0.15) is 142 Å². The lowest BCUT2D eigenvalue weighted by atomic mass is 10.1. The van der Waals surface area contributed by atoms with E-state index in [1.54, 1.807) is 0 Å². The van der Waals surface area contributed by atoms with Crippen molar-refractivity contribution < 1.29 is 38.2 Å². The van der Waals surface area contributed by atoms with Crippen LogP contribution in [0.15, 0.2) is 122 Å². The number of carboxylic acids is 1. The molecular formula is C53H84NO7+. The van der Waals surface area contributed by atoms with Crippen molar-refractivity contribution in [3.8, 4) is 0 Å². The van der Waals surface area contributed by atoms with E-state index >= 15 is 0 Å². The molecule has 2 unspecified atom stereocenters. The van der Waals surface area contributed by atoms with Gasteiger partial charge in [0.15, 0.2) is 12.1 Å². The third kappa shape index (κ3) is 40.9. The number of esters is 2. The Bertz CT molecular complexity index is 1400. The first-order valence-electron chi connectivity index (χ1n) is 23.1. The summed E-state index contributed by atoms with van der Waals surface area (Å²) in [7, 11) is 5.48. The zero-order valence-corrected chi connectivity index (χ0v) is 38.8. The minimum atomic E-state index is -0.894. The molecule has 0 aliphatic rings. The van der Waals surface area contributed by atoms with Crippen LogP contribution in [0.4, 0.5) is 0 Å². The molecule has 0 saturated heterocycles. The molecule has 0 amide bonds. The molecule has 0 saturated carbocycles. The van der Waals surface area contributed by atoms with Gasteiger partial charge < -0.3 is 23.8 Å². The number of hydrogen-bond donors (Lipinski definition) is 1. The van der Waals surface area contributed by atoms with Gasteiger partial charge >= 0.3 is 17.9 Å². The Morgan fingerprint density at radius 1 is 0.492 bits per heavy atom. The van der Waals surface area contributed by atoms with E-state index in [2.05, 4.69) is 135 Å². The van der Waals surface area contributed by atoms with Crippen LogP contribution in [0.25, 0.3) is 0 Å². The van der Waals surface area contributed by atoms with Crippen LogP contribution in [0.2, 0.25) is 0 Å². The Kier molecular flexibility index (Phi) is 39.5. The number of allylic oxidation sites excluding steroid dienone is 20. The monoisotopic (exact) mass is 847 g/mol. The molecule has 2 atom stereocenters. The van der Waals surface area contributed by atoms with Gasteiger partial charge in [-0.15, -0.1) is 0 Å². The van der Waals surface area contributed by atoms with Gasteiger partial charge in [-0.3, -0.25) is 9.59 Å². The summed E-state index contributed by atoms with van der Waals surface area (Å²) in [6.45, 7) is 4.39. The third-order valence-corrected chi connectivity index (χ3v) is 9.36. The number of hydrogen-bond acceptors (Lipinski definition) is 6. The third-order valence-electron chi connectivity index (χ3n) is 9.36. The highest BCUT2D eigenvalue weighted by atomic mass is 16.6. The summed E-state index contributed by atoms with van der Waals surface area (Å²) >= 11 is 0. The fourth-order valence-electron chi connectivity index (χ4n) is 5.86. The van der Waals surface area contributed by atoms with Crippen molar-refractivity contribution >= 4 is 17.9 Å². The fourth-order valence-corrected chi connectivity index (χ4v) is 5.86. The molecule has 342 valence electrons. The minimum absolute atomic E-state index is 0.0209. The molecule has 0 bridgehead atoms. The standard InChI is InChI=1S/C53H83NO7/c1-6-8-10-12-14-16-18-20-22-24-25-26-28-29-31-33-35-37-39-41-43-51(55)60-48-49(47-59-46-45-50(53(57)58)54(3,4)5)61-52(56)44-42-40-38-36-34-32-30-27-23-21-19-17-15-13-11-9-7-2/h8-11,14-17,20-23,25-26,29-32,36,38,49-50H,6-7,12-13,18-19,24,27-28,33-35,37,39-48H2,1-5H3/p+1/b10-8+,11-9+,16-14+,17-15+,22-20+,23-21+,26-25+,31-29+,32-30+,38-36+. The van der Waals surface area contributed by atoms with Crippen LogP contribution >= 0.6 is 0 Å². The maximum absolute atomic E-state index is 12.7. The van der Waals surface area contributed by atoms with E-state index in [9.17, 15) is 19.5 Å². The molecule has 0 fully saturated rings. The summed E-state index contributed by atoms with van der Waals surface area (Å²) in [6, 6.07) is -0.637. The maximum atomic E-state index is 12.7. The molecule has 0 spiro atoms. The Hall–Kier alpha value is -4.27. The quantitative estimate of drug-likeness (QED) is 0.0285. The number of unbranched alkanes of at least 4 members (excludes halogenated alkanes) is 5. The van der Waals surface area contributed by atoms with Gasteiger partial charge in [0.05, 0.1) is 34.4 Å². The number of likely N-dealkylation sites (N-methyl/N-ethyl adjacent to an activating group) is 1. The average molecular weight is 847 g/mol. The van der Waals surface area contributed by atoms with Crippen LogP contribution in [0, 0.1) is 0 Å². The van der Waals surface area contributed by atoms with Crippen molar-refractivity contribution in [2.45, 2.75) is 154 Å². The smallest absolute Gasteiger partial charge is 0.362 e. The normalized spacial score (nSPS) is 14.0. The van der Waals surface area contributed by atoms with E-state index in [-0.39, 0.29) is 42.7 Å². The Morgan fingerprint density at radius 2 is 0.885 bits per heavy atom. The topological polar surface area (TPSA) is 99.1 Å². The largest absolute Gasteiger partial charge is 0.477 e. The molecule has 1 N–H and O–H groups in total. The number of carbonyl (C=O) groups excluding carboxylic acids is 2. The number of nitrogens with zero attached hydrogens (tertiary/aromatic N) is 1. The fraction of sp³-hybridized carbons (Fsp3) is 0.566. The molecule has 0 aliphatic carbocycles. The van der Waals surface area contributed by atoms with Crippen molar-refractivity contribution in [2.24, 2.45) is 0 Å². The zero-order valence-electron chi connectivity index (χ0n) is 38.8. The summed E-state index contributed by atoms with van der Waals surface area (Å²) in [5.74, 6) is -1.60. The summed E-state index contributed by atoms with van der Waals surface area (Å²) in [5, 5.41) is 9.63. The van der Waals surface area contributed by atoms with Crippen LogP contribution in [0.5, 0.6) is 0 Å². The summed E-state index contributed by atoms with van der Waals surface area (Å²) in [4.78, 5) is 37.0. The second-order valence-corrected chi connectivity index (χ2v) is 15.9. The van der Waals surface area contributed by atoms with Crippen LogP contribution in [-0.2, 0) is 28.6 Å². The van der Waals surface area contributed by atoms with E-state index in [0.717, 1.165) is 103 Å². The van der Waals surface area contributed by atoms with Crippen molar-refractivity contribution in [2.75, 3.05) is 41.0 Å². The SMILES string of the molecule is CC/C=C/C/C=C/C/C=C/C/C=C/C/C=C/CCCCCCC(=O)OCC(COCCC(C(=O)O)[N+](C)(C)C)OC(=O)CCC/C=C/C/C=C/C/C=C/C/C=C/C/C=C/CC. The van der Waals surface area contributed by atoms with Crippen molar-refractivity contribution in [3.63, 3.8) is 0 Å². The molecule has 0 aromatic heterocycles. The number of carbonyl (C=O) groups is 3. The first-order valence-corrected chi connectivity index (χ1v) is 23.1. The second-order valence-electron chi connectivity index (χ2n) is 15.9. The number of quaternary nitrogens is 1. The van der Waals surface area contributed by atoms with Gasteiger partial charge in [0.1, 0.15) is 6.61 Å². The minimum Gasteiger partial charge on any atom is -0.477 e. The molecule has 0 aromatic carbocycles. The zero-order chi connectivity index (χ0) is 44.9. The highest BCUT2D eigenvalue weighted by Gasteiger charge is 2.31.